The molecule has 2 aliphatic rings. The molecule has 0 atom stereocenters. The Kier molecular flexibility index (Phi) is 2.58. The van der Waals surface area contributed by atoms with Crippen molar-refractivity contribution in [3.63, 3.8) is 0 Å². The molecule has 0 bridgehead atoms. The Balaban J connectivity index is 2.30. The van der Waals surface area contributed by atoms with Gasteiger partial charge in [-0.25, -0.2) is 0 Å². The van der Waals surface area contributed by atoms with Crippen LogP contribution in [0.15, 0.2) is 22.8 Å². The maximum absolute atomic E-state index is 11.6. The number of carbonyl (C=O) groups excluding carboxylic acids is 1. The summed E-state index contributed by atoms with van der Waals surface area (Å²) in [5, 5.41) is 0. The van der Waals surface area contributed by atoms with Crippen LogP contribution >= 0.6 is 0 Å². The molecule has 76 valence electrons. The monoisotopic (exact) mass is 190 g/mol. The lowest BCUT2D eigenvalue weighted by Crippen LogP contribution is -2.15. The van der Waals surface area contributed by atoms with Gasteiger partial charge in [0.2, 0.25) is 0 Å². The third-order valence-electron chi connectivity index (χ3n) is 3.34. The summed E-state index contributed by atoms with van der Waals surface area (Å²) in [5.41, 5.74) is 4.01. The maximum atomic E-state index is 11.6. The van der Waals surface area contributed by atoms with Crippen molar-refractivity contribution in [1.82, 2.24) is 0 Å². The van der Waals surface area contributed by atoms with E-state index in [4.69, 9.17) is 0 Å². The third-order valence-corrected chi connectivity index (χ3v) is 3.34. The van der Waals surface area contributed by atoms with E-state index in [9.17, 15) is 4.79 Å². The van der Waals surface area contributed by atoms with Gasteiger partial charge in [0.05, 0.1) is 0 Å². The summed E-state index contributed by atoms with van der Waals surface area (Å²) in [7, 11) is 0. The summed E-state index contributed by atoms with van der Waals surface area (Å²) in [5.74, 6) is 1.05. The Morgan fingerprint density at radius 1 is 1.14 bits per heavy atom. The largest absolute Gasteiger partial charge is 0.295 e. The van der Waals surface area contributed by atoms with Gasteiger partial charge in [0.25, 0.3) is 0 Å². The molecule has 0 aromatic heterocycles. The number of rotatable bonds is 1. The average Bonchev–Trinajstić information content (AvgIpc) is 2.17. The highest BCUT2D eigenvalue weighted by Crippen LogP contribution is 2.34. The van der Waals surface area contributed by atoms with Crippen LogP contribution in [-0.2, 0) is 4.79 Å². The fourth-order valence-corrected chi connectivity index (χ4v) is 2.40. The van der Waals surface area contributed by atoms with Crippen LogP contribution in [0.2, 0.25) is 0 Å². The SMILES string of the molecule is CC(C)C1=CC2=C(CC1)C(=O)CCC2. The molecule has 0 heterocycles. The second-order valence-electron chi connectivity index (χ2n) is 4.65. The zero-order chi connectivity index (χ0) is 10.1. The molecule has 0 aliphatic heterocycles. The molecule has 1 heteroatoms. The molecule has 0 fully saturated rings. The summed E-state index contributed by atoms with van der Waals surface area (Å²) in [4.78, 5) is 11.6. The van der Waals surface area contributed by atoms with E-state index in [0.29, 0.717) is 11.7 Å². The topological polar surface area (TPSA) is 17.1 Å². The van der Waals surface area contributed by atoms with E-state index in [0.717, 1.165) is 37.7 Å². The van der Waals surface area contributed by atoms with Crippen molar-refractivity contribution < 1.29 is 4.79 Å². The van der Waals surface area contributed by atoms with Crippen LogP contribution in [-0.4, -0.2) is 5.78 Å². The predicted molar refractivity (Wildman–Crippen MR) is 58.0 cm³/mol. The third kappa shape index (κ3) is 1.68. The van der Waals surface area contributed by atoms with Gasteiger partial charge in [-0.2, -0.15) is 0 Å². The first-order valence-electron chi connectivity index (χ1n) is 5.64. The highest BCUT2D eigenvalue weighted by atomic mass is 16.1. The van der Waals surface area contributed by atoms with Crippen molar-refractivity contribution in [3.05, 3.63) is 22.8 Å². The first-order valence-corrected chi connectivity index (χ1v) is 5.64. The molecule has 0 aromatic carbocycles. The number of hydrogen-bond acceptors (Lipinski definition) is 1. The molecule has 2 rings (SSSR count). The van der Waals surface area contributed by atoms with Gasteiger partial charge in [-0.15, -0.1) is 0 Å². The summed E-state index contributed by atoms with van der Waals surface area (Å²) < 4.78 is 0. The maximum Gasteiger partial charge on any atom is 0.159 e. The zero-order valence-electron chi connectivity index (χ0n) is 9.10. The Morgan fingerprint density at radius 2 is 1.93 bits per heavy atom. The molecule has 0 amide bonds. The Morgan fingerprint density at radius 3 is 2.64 bits per heavy atom. The summed E-state index contributed by atoms with van der Waals surface area (Å²) in [6.07, 6.45) is 7.35. The van der Waals surface area contributed by atoms with Crippen molar-refractivity contribution in [2.24, 2.45) is 5.92 Å². The van der Waals surface area contributed by atoms with Gasteiger partial charge in [-0.05, 0) is 42.7 Å². The number of allylic oxidation sites excluding steroid dienone is 4. The molecule has 14 heavy (non-hydrogen) atoms. The lowest BCUT2D eigenvalue weighted by atomic mass is 9.80. The fourth-order valence-electron chi connectivity index (χ4n) is 2.40. The van der Waals surface area contributed by atoms with Crippen LogP contribution in [0.25, 0.3) is 0 Å². The highest BCUT2D eigenvalue weighted by Gasteiger charge is 2.23. The van der Waals surface area contributed by atoms with Crippen LogP contribution in [0.3, 0.4) is 0 Å². The van der Waals surface area contributed by atoms with Crippen molar-refractivity contribution in [1.29, 1.82) is 0 Å². The van der Waals surface area contributed by atoms with E-state index in [1.54, 1.807) is 0 Å². The number of carbonyl (C=O) groups is 1. The van der Waals surface area contributed by atoms with E-state index in [1.165, 1.54) is 11.1 Å². The standard InChI is InChI=1S/C13H18O/c1-9(2)10-6-7-12-11(8-10)4-3-5-13(12)14/h8-9H,3-7H2,1-2H3. The summed E-state index contributed by atoms with van der Waals surface area (Å²) in [6, 6.07) is 0. The van der Waals surface area contributed by atoms with Crippen LogP contribution in [0, 0.1) is 5.92 Å². The summed E-state index contributed by atoms with van der Waals surface area (Å²) >= 11 is 0. The average molecular weight is 190 g/mol. The molecular weight excluding hydrogens is 172 g/mol. The molecule has 0 radical (unpaired) electrons. The van der Waals surface area contributed by atoms with E-state index in [2.05, 4.69) is 19.9 Å². The van der Waals surface area contributed by atoms with Crippen LogP contribution in [0.5, 0.6) is 0 Å². The van der Waals surface area contributed by atoms with Gasteiger partial charge in [0.15, 0.2) is 5.78 Å². The number of hydrogen-bond donors (Lipinski definition) is 0. The van der Waals surface area contributed by atoms with Gasteiger partial charge in [-0.3, -0.25) is 4.79 Å². The van der Waals surface area contributed by atoms with Gasteiger partial charge in [0, 0.05) is 6.42 Å². The second-order valence-corrected chi connectivity index (χ2v) is 4.65. The minimum atomic E-state index is 0.408. The molecule has 0 aromatic rings. The van der Waals surface area contributed by atoms with Gasteiger partial charge < -0.3 is 0 Å². The Bertz CT molecular complexity index is 318. The first kappa shape index (κ1) is 9.70. The van der Waals surface area contributed by atoms with Gasteiger partial charge in [-0.1, -0.05) is 25.5 Å². The minimum Gasteiger partial charge on any atom is -0.295 e. The molecule has 0 saturated carbocycles. The fraction of sp³-hybridized carbons (Fsp3) is 0.615. The van der Waals surface area contributed by atoms with E-state index < -0.39 is 0 Å². The van der Waals surface area contributed by atoms with Gasteiger partial charge >= 0.3 is 0 Å². The molecule has 0 unspecified atom stereocenters. The lowest BCUT2D eigenvalue weighted by molar-refractivity contribution is -0.116. The minimum absolute atomic E-state index is 0.408. The molecule has 0 spiro atoms. The van der Waals surface area contributed by atoms with Crippen LogP contribution in [0.4, 0.5) is 0 Å². The summed E-state index contributed by atoms with van der Waals surface area (Å²) in [6.45, 7) is 4.48. The zero-order valence-corrected chi connectivity index (χ0v) is 9.10. The molecule has 0 N–H and O–H groups in total. The molecular formula is C13H18O. The highest BCUT2D eigenvalue weighted by molar-refractivity contribution is 5.97. The first-order chi connectivity index (χ1) is 6.68. The quantitative estimate of drug-likeness (QED) is 0.619. The second kappa shape index (κ2) is 3.72. The van der Waals surface area contributed by atoms with E-state index in [-0.39, 0.29) is 0 Å². The molecule has 0 saturated heterocycles. The molecule has 1 nitrogen and oxygen atoms in total. The van der Waals surface area contributed by atoms with Gasteiger partial charge in [0.1, 0.15) is 0 Å². The van der Waals surface area contributed by atoms with E-state index >= 15 is 0 Å². The van der Waals surface area contributed by atoms with Crippen molar-refractivity contribution >= 4 is 5.78 Å². The van der Waals surface area contributed by atoms with Crippen molar-refractivity contribution in [2.75, 3.05) is 0 Å². The lowest BCUT2D eigenvalue weighted by Gasteiger charge is -2.24. The predicted octanol–water partition coefficient (Wildman–Crippen LogP) is 3.41. The van der Waals surface area contributed by atoms with Crippen molar-refractivity contribution in [2.45, 2.75) is 46.0 Å². The Hall–Kier alpha value is -0.850. The number of ketones is 1. The van der Waals surface area contributed by atoms with Crippen LogP contribution < -0.4 is 0 Å². The number of Topliss-reactive ketones (excluding diaryl/α,β-unsaturated/α-hetero) is 1. The van der Waals surface area contributed by atoms with Crippen molar-refractivity contribution in [3.8, 4) is 0 Å². The Labute approximate surface area is 85.9 Å². The smallest absolute Gasteiger partial charge is 0.159 e. The molecule has 2 aliphatic carbocycles. The van der Waals surface area contributed by atoms with Crippen LogP contribution in [0.1, 0.15) is 46.0 Å². The van der Waals surface area contributed by atoms with E-state index in [1.807, 2.05) is 0 Å². The normalized spacial score (nSPS) is 22.5.